The number of ether oxygens (including phenoxy) is 1. The molecule has 0 radical (unpaired) electrons. The monoisotopic (exact) mass is 211 g/mol. The van der Waals surface area contributed by atoms with Crippen LogP contribution in [-0.4, -0.2) is 15.9 Å². The van der Waals surface area contributed by atoms with Crippen LogP contribution in [0.1, 0.15) is 37.9 Å². The quantitative estimate of drug-likeness (QED) is 0.807. The zero-order valence-electron chi connectivity index (χ0n) is 10.1. The molecule has 0 bridgehead atoms. The highest BCUT2D eigenvalue weighted by atomic mass is 16.5. The molecule has 0 aromatic carbocycles. The molecule has 0 spiro atoms. The molecule has 1 rings (SSSR count). The first-order valence-electron chi connectivity index (χ1n) is 5.49. The minimum Gasteiger partial charge on any atom is -0.475 e. The van der Waals surface area contributed by atoms with Crippen molar-refractivity contribution in [1.29, 1.82) is 0 Å². The van der Waals surface area contributed by atoms with Crippen LogP contribution >= 0.6 is 0 Å². The Morgan fingerprint density at radius 2 is 2.20 bits per heavy atom. The molecule has 0 fully saturated rings. The Balaban J connectivity index is 2.83. The van der Waals surface area contributed by atoms with Gasteiger partial charge in [-0.1, -0.05) is 13.3 Å². The predicted octanol–water partition coefficient (Wildman–Crippen LogP) is 1.75. The van der Waals surface area contributed by atoms with Crippen molar-refractivity contribution in [3.05, 3.63) is 11.3 Å². The van der Waals surface area contributed by atoms with Crippen LogP contribution in [0.25, 0.3) is 0 Å². The predicted molar refractivity (Wildman–Crippen MR) is 60.8 cm³/mol. The highest BCUT2D eigenvalue weighted by Gasteiger charge is 2.15. The molecular weight excluding hydrogens is 190 g/mol. The minimum absolute atomic E-state index is 0.218. The number of nitrogens with two attached hydrogens (primary N) is 1. The highest BCUT2D eigenvalue weighted by Crippen LogP contribution is 2.22. The summed E-state index contributed by atoms with van der Waals surface area (Å²) in [6.07, 6.45) is 2.39. The van der Waals surface area contributed by atoms with Crippen LogP contribution in [0.3, 0.4) is 0 Å². The van der Waals surface area contributed by atoms with Gasteiger partial charge in [0.05, 0.1) is 17.4 Å². The Bertz CT molecular complexity index is 320. The molecule has 0 aliphatic carbocycles. The molecule has 4 nitrogen and oxygen atoms in total. The van der Waals surface area contributed by atoms with Crippen LogP contribution in [0, 0.1) is 6.92 Å². The molecule has 1 atom stereocenters. The van der Waals surface area contributed by atoms with Gasteiger partial charge in [-0.3, -0.25) is 0 Å². The van der Waals surface area contributed by atoms with Gasteiger partial charge in [0.15, 0.2) is 0 Å². The summed E-state index contributed by atoms with van der Waals surface area (Å²) in [4.78, 5) is 0. The smallest absolute Gasteiger partial charge is 0.216 e. The van der Waals surface area contributed by atoms with Gasteiger partial charge in [-0.25, -0.2) is 4.68 Å². The van der Waals surface area contributed by atoms with Crippen molar-refractivity contribution < 1.29 is 4.74 Å². The van der Waals surface area contributed by atoms with Gasteiger partial charge in [0.1, 0.15) is 0 Å². The summed E-state index contributed by atoms with van der Waals surface area (Å²) in [7, 11) is 1.89. The lowest BCUT2D eigenvalue weighted by Gasteiger charge is -2.14. The first-order chi connectivity index (χ1) is 7.10. The van der Waals surface area contributed by atoms with Crippen LogP contribution < -0.4 is 10.5 Å². The third-order valence-corrected chi connectivity index (χ3v) is 2.50. The molecule has 4 heteroatoms. The lowest BCUT2D eigenvalue weighted by Crippen LogP contribution is -2.15. The van der Waals surface area contributed by atoms with E-state index < -0.39 is 0 Å². The SMILES string of the molecule is CCCC(C)Oc1c(CN)c(C)nn1C. The lowest BCUT2D eigenvalue weighted by molar-refractivity contribution is 0.190. The number of hydrogen-bond acceptors (Lipinski definition) is 3. The standard InChI is InChI=1S/C11H21N3O/c1-5-6-8(2)15-11-10(7-12)9(3)13-14(11)4/h8H,5-7,12H2,1-4H3. The van der Waals surface area contributed by atoms with Gasteiger partial charge < -0.3 is 10.5 Å². The second-order valence-corrected chi connectivity index (χ2v) is 3.91. The second kappa shape index (κ2) is 5.16. The fourth-order valence-electron chi connectivity index (χ4n) is 1.72. The van der Waals surface area contributed by atoms with E-state index in [2.05, 4.69) is 18.9 Å². The summed E-state index contributed by atoms with van der Waals surface area (Å²) >= 11 is 0. The number of rotatable bonds is 5. The molecule has 1 aromatic heterocycles. The fraction of sp³-hybridized carbons (Fsp3) is 0.727. The van der Waals surface area contributed by atoms with Crippen molar-refractivity contribution >= 4 is 0 Å². The Labute approximate surface area is 91.4 Å². The van der Waals surface area contributed by atoms with Gasteiger partial charge in [0.2, 0.25) is 5.88 Å². The molecule has 1 aromatic rings. The Morgan fingerprint density at radius 3 is 2.73 bits per heavy atom. The molecule has 0 aliphatic heterocycles. The van der Waals surface area contributed by atoms with Crippen LogP contribution in [-0.2, 0) is 13.6 Å². The third kappa shape index (κ3) is 2.72. The first-order valence-corrected chi connectivity index (χ1v) is 5.49. The van der Waals surface area contributed by atoms with Crippen molar-refractivity contribution in [3.63, 3.8) is 0 Å². The van der Waals surface area contributed by atoms with Gasteiger partial charge in [0, 0.05) is 13.6 Å². The summed E-state index contributed by atoms with van der Waals surface area (Å²) in [5, 5.41) is 4.31. The van der Waals surface area contributed by atoms with Crippen LogP contribution in [0.5, 0.6) is 5.88 Å². The van der Waals surface area contributed by atoms with E-state index in [4.69, 9.17) is 10.5 Å². The van der Waals surface area contributed by atoms with E-state index in [1.807, 2.05) is 14.0 Å². The third-order valence-electron chi connectivity index (χ3n) is 2.50. The minimum atomic E-state index is 0.218. The maximum atomic E-state index is 5.85. The first kappa shape index (κ1) is 12.0. The maximum absolute atomic E-state index is 5.85. The summed E-state index contributed by atoms with van der Waals surface area (Å²) < 4.78 is 7.62. The largest absolute Gasteiger partial charge is 0.475 e. The number of hydrogen-bond donors (Lipinski definition) is 1. The topological polar surface area (TPSA) is 53.1 Å². The average molecular weight is 211 g/mol. The van der Waals surface area contributed by atoms with E-state index in [-0.39, 0.29) is 6.10 Å². The number of aryl methyl sites for hydroxylation is 2. The van der Waals surface area contributed by atoms with Crippen molar-refractivity contribution in [2.45, 2.75) is 46.3 Å². The Kier molecular flexibility index (Phi) is 4.15. The van der Waals surface area contributed by atoms with Crippen LogP contribution in [0.2, 0.25) is 0 Å². The van der Waals surface area contributed by atoms with Crippen molar-refractivity contribution in [3.8, 4) is 5.88 Å². The summed E-state index contributed by atoms with van der Waals surface area (Å²) in [6.45, 7) is 6.66. The molecular formula is C11H21N3O. The number of aromatic nitrogens is 2. The highest BCUT2D eigenvalue weighted by molar-refractivity contribution is 5.30. The fourth-order valence-corrected chi connectivity index (χ4v) is 1.72. The van der Waals surface area contributed by atoms with Gasteiger partial charge >= 0.3 is 0 Å². The van der Waals surface area contributed by atoms with E-state index in [1.165, 1.54) is 0 Å². The van der Waals surface area contributed by atoms with Crippen molar-refractivity contribution in [2.75, 3.05) is 0 Å². The summed E-state index contributed by atoms with van der Waals surface area (Å²) in [5.41, 5.74) is 7.65. The molecule has 0 saturated heterocycles. The van der Waals surface area contributed by atoms with E-state index >= 15 is 0 Å². The molecule has 1 unspecified atom stereocenters. The van der Waals surface area contributed by atoms with Gasteiger partial charge in [-0.2, -0.15) is 5.10 Å². The van der Waals surface area contributed by atoms with E-state index in [9.17, 15) is 0 Å². The molecule has 2 N–H and O–H groups in total. The van der Waals surface area contributed by atoms with Gasteiger partial charge in [-0.15, -0.1) is 0 Å². The van der Waals surface area contributed by atoms with Crippen molar-refractivity contribution in [1.82, 2.24) is 9.78 Å². The van der Waals surface area contributed by atoms with Gasteiger partial charge in [0.25, 0.3) is 0 Å². The maximum Gasteiger partial charge on any atom is 0.216 e. The van der Waals surface area contributed by atoms with E-state index in [1.54, 1.807) is 4.68 Å². The van der Waals surface area contributed by atoms with E-state index in [0.717, 1.165) is 30.0 Å². The molecule has 0 aliphatic rings. The van der Waals surface area contributed by atoms with Crippen LogP contribution in [0.4, 0.5) is 0 Å². The molecule has 86 valence electrons. The Morgan fingerprint density at radius 1 is 1.53 bits per heavy atom. The lowest BCUT2D eigenvalue weighted by atomic mass is 10.2. The zero-order valence-corrected chi connectivity index (χ0v) is 10.1. The van der Waals surface area contributed by atoms with Crippen molar-refractivity contribution in [2.24, 2.45) is 12.8 Å². The zero-order chi connectivity index (χ0) is 11.4. The normalized spacial score (nSPS) is 12.9. The average Bonchev–Trinajstić information content (AvgIpc) is 2.42. The molecule has 0 saturated carbocycles. The summed E-state index contributed by atoms with van der Waals surface area (Å²) in [6, 6.07) is 0. The van der Waals surface area contributed by atoms with E-state index in [0.29, 0.717) is 6.54 Å². The molecule has 1 heterocycles. The van der Waals surface area contributed by atoms with Crippen LogP contribution in [0.15, 0.2) is 0 Å². The second-order valence-electron chi connectivity index (χ2n) is 3.91. The molecule has 0 amide bonds. The number of nitrogens with zero attached hydrogens (tertiary/aromatic N) is 2. The molecule has 15 heavy (non-hydrogen) atoms. The Hall–Kier alpha value is -1.03. The van der Waals surface area contributed by atoms with Gasteiger partial charge in [-0.05, 0) is 20.3 Å². The summed E-state index contributed by atoms with van der Waals surface area (Å²) in [5.74, 6) is 0.816.